The van der Waals surface area contributed by atoms with Gasteiger partial charge in [0.15, 0.2) is 0 Å². The Morgan fingerprint density at radius 1 is 1.29 bits per heavy atom. The second kappa shape index (κ2) is 9.68. The van der Waals surface area contributed by atoms with Crippen molar-refractivity contribution in [3.63, 3.8) is 0 Å². The SMILES string of the molecule is O=C=NCCCCC/C=C/CC(=O)O. The Bertz CT molecular complexity index is 230. The number of carboxylic acids is 1. The van der Waals surface area contributed by atoms with E-state index in [0.717, 1.165) is 25.7 Å². The van der Waals surface area contributed by atoms with E-state index in [1.54, 1.807) is 6.08 Å². The van der Waals surface area contributed by atoms with Gasteiger partial charge < -0.3 is 5.11 Å². The number of aliphatic imine (C=N–C) groups is 1. The van der Waals surface area contributed by atoms with Gasteiger partial charge in [0, 0.05) is 0 Å². The zero-order valence-corrected chi connectivity index (χ0v) is 8.11. The number of hydrogen-bond donors (Lipinski definition) is 1. The number of aliphatic carboxylic acids is 1. The van der Waals surface area contributed by atoms with E-state index >= 15 is 0 Å². The first kappa shape index (κ1) is 12.6. The maximum atomic E-state index is 10.1. The van der Waals surface area contributed by atoms with E-state index in [1.807, 2.05) is 6.08 Å². The van der Waals surface area contributed by atoms with Crippen LogP contribution >= 0.6 is 0 Å². The molecule has 1 N–H and O–H groups in total. The molecule has 0 saturated carbocycles. The van der Waals surface area contributed by atoms with Gasteiger partial charge in [-0.05, 0) is 19.3 Å². The summed E-state index contributed by atoms with van der Waals surface area (Å²) in [5.74, 6) is -0.804. The maximum Gasteiger partial charge on any atom is 0.307 e. The second-order valence-electron chi connectivity index (χ2n) is 2.89. The molecule has 0 atom stereocenters. The molecule has 14 heavy (non-hydrogen) atoms. The van der Waals surface area contributed by atoms with Crippen LogP contribution in [-0.2, 0) is 9.59 Å². The summed E-state index contributed by atoms with van der Waals surface area (Å²) in [6.07, 6.45) is 8.90. The third kappa shape index (κ3) is 10.6. The fraction of sp³-hybridized carbons (Fsp3) is 0.600. The van der Waals surface area contributed by atoms with E-state index in [4.69, 9.17) is 5.11 Å². The van der Waals surface area contributed by atoms with Crippen LogP contribution in [0.25, 0.3) is 0 Å². The molecule has 0 aromatic rings. The number of allylic oxidation sites excluding steroid dienone is 1. The molecule has 0 spiro atoms. The van der Waals surface area contributed by atoms with Crippen molar-refractivity contribution < 1.29 is 14.7 Å². The van der Waals surface area contributed by atoms with Crippen LogP contribution in [0.4, 0.5) is 0 Å². The third-order valence-electron chi connectivity index (χ3n) is 1.66. The molecular formula is C10H15NO3. The third-order valence-corrected chi connectivity index (χ3v) is 1.66. The molecule has 0 amide bonds. The average Bonchev–Trinajstić information content (AvgIpc) is 2.15. The molecule has 0 unspecified atom stereocenters. The van der Waals surface area contributed by atoms with Crippen molar-refractivity contribution in [2.24, 2.45) is 4.99 Å². The lowest BCUT2D eigenvalue weighted by atomic mass is 10.2. The first-order valence-corrected chi connectivity index (χ1v) is 4.68. The number of carbonyl (C=O) groups is 1. The van der Waals surface area contributed by atoms with Gasteiger partial charge in [-0.1, -0.05) is 18.6 Å². The summed E-state index contributed by atoms with van der Waals surface area (Å²) >= 11 is 0. The van der Waals surface area contributed by atoms with Crippen molar-refractivity contribution in [3.8, 4) is 0 Å². The topological polar surface area (TPSA) is 66.7 Å². The highest BCUT2D eigenvalue weighted by molar-refractivity contribution is 5.68. The Morgan fingerprint density at radius 2 is 2.07 bits per heavy atom. The van der Waals surface area contributed by atoms with E-state index in [0.29, 0.717) is 6.54 Å². The monoisotopic (exact) mass is 197 g/mol. The fourth-order valence-electron chi connectivity index (χ4n) is 0.977. The molecular weight excluding hydrogens is 182 g/mol. The average molecular weight is 197 g/mol. The minimum atomic E-state index is -0.804. The van der Waals surface area contributed by atoms with Crippen LogP contribution in [-0.4, -0.2) is 23.7 Å². The number of isocyanates is 1. The molecule has 0 aromatic heterocycles. The molecule has 0 rings (SSSR count). The zero-order chi connectivity index (χ0) is 10.6. The van der Waals surface area contributed by atoms with Gasteiger partial charge >= 0.3 is 5.97 Å². The Morgan fingerprint density at radius 3 is 2.71 bits per heavy atom. The van der Waals surface area contributed by atoms with Crippen molar-refractivity contribution in [3.05, 3.63) is 12.2 Å². The molecule has 0 aromatic carbocycles. The summed E-state index contributed by atoms with van der Waals surface area (Å²) in [6, 6.07) is 0. The van der Waals surface area contributed by atoms with E-state index in [-0.39, 0.29) is 6.42 Å². The Hall–Kier alpha value is -1.41. The number of nitrogens with zero attached hydrogens (tertiary/aromatic N) is 1. The maximum absolute atomic E-state index is 10.1. The van der Waals surface area contributed by atoms with Crippen LogP contribution in [0, 0.1) is 0 Å². The van der Waals surface area contributed by atoms with E-state index in [9.17, 15) is 9.59 Å². The number of carboxylic acid groups (broad SMARTS) is 1. The highest BCUT2D eigenvalue weighted by Crippen LogP contribution is 2.01. The number of carbonyl (C=O) groups excluding carboxylic acids is 1. The molecule has 0 heterocycles. The molecule has 0 saturated heterocycles. The lowest BCUT2D eigenvalue weighted by Gasteiger charge is -1.93. The predicted molar refractivity (Wildman–Crippen MR) is 52.8 cm³/mol. The standard InChI is InChI=1S/C10H15NO3/c12-9-11-8-6-4-2-1-3-5-7-10(13)14/h3,5H,1-2,4,6-8H2,(H,13,14)/b5-3+. The zero-order valence-electron chi connectivity index (χ0n) is 8.11. The second-order valence-corrected chi connectivity index (χ2v) is 2.89. The van der Waals surface area contributed by atoms with E-state index in [1.165, 1.54) is 6.08 Å². The minimum Gasteiger partial charge on any atom is -0.481 e. The van der Waals surface area contributed by atoms with Gasteiger partial charge in [0.25, 0.3) is 0 Å². The summed E-state index contributed by atoms with van der Waals surface area (Å²) < 4.78 is 0. The van der Waals surface area contributed by atoms with E-state index < -0.39 is 5.97 Å². The van der Waals surface area contributed by atoms with Gasteiger partial charge in [0.2, 0.25) is 6.08 Å². The van der Waals surface area contributed by atoms with Gasteiger partial charge in [0.1, 0.15) is 0 Å². The fourth-order valence-corrected chi connectivity index (χ4v) is 0.977. The molecule has 0 aliphatic carbocycles. The first-order chi connectivity index (χ1) is 6.77. The summed E-state index contributed by atoms with van der Waals surface area (Å²) in [5, 5.41) is 8.31. The summed E-state index contributed by atoms with van der Waals surface area (Å²) in [4.78, 5) is 23.2. The summed E-state index contributed by atoms with van der Waals surface area (Å²) in [5.41, 5.74) is 0. The minimum absolute atomic E-state index is 0.0927. The summed E-state index contributed by atoms with van der Waals surface area (Å²) in [6.45, 7) is 0.544. The van der Waals surface area contributed by atoms with Crippen LogP contribution in [0.3, 0.4) is 0 Å². The summed E-state index contributed by atoms with van der Waals surface area (Å²) in [7, 11) is 0. The molecule has 4 heteroatoms. The van der Waals surface area contributed by atoms with Gasteiger partial charge in [-0.15, -0.1) is 0 Å². The Kier molecular flexibility index (Phi) is 8.70. The molecule has 0 bridgehead atoms. The number of unbranched alkanes of at least 4 members (excludes halogenated alkanes) is 3. The molecule has 0 aliphatic rings. The molecule has 78 valence electrons. The van der Waals surface area contributed by atoms with Gasteiger partial charge in [0.05, 0.1) is 13.0 Å². The predicted octanol–water partition coefficient (Wildman–Crippen LogP) is 1.91. The first-order valence-electron chi connectivity index (χ1n) is 4.68. The molecule has 4 nitrogen and oxygen atoms in total. The molecule has 0 aliphatic heterocycles. The number of hydrogen-bond acceptors (Lipinski definition) is 3. The van der Waals surface area contributed by atoms with Crippen molar-refractivity contribution >= 4 is 12.0 Å². The van der Waals surface area contributed by atoms with Crippen molar-refractivity contribution in [1.82, 2.24) is 0 Å². The molecule has 0 fully saturated rings. The smallest absolute Gasteiger partial charge is 0.307 e. The lowest BCUT2D eigenvalue weighted by Crippen LogP contribution is -1.89. The van der Waals surface area contributed by atoms with Gasteiger partial charge in [-0.3, -0.25) is 4.79 Å². The van der Waals surface area contributed by atoms with Crippen LogP contribution < -0.4 is 0 Å². The van der Waals surface area contributed by atoms with Crippen molar-refractivity contribution in [2.75, 3.05) is 6.54 Å². The number of rotatable bonds is 8. The highest BCUT2D eigenvalue weighted by atomic mass is 16.4. The molecule has 0 radical (unpaired) electrons. The van der Waals surface area contributed by atoms with Crippen LogP contribution in [0.15, 0.2) is 17.1 Å². The normalized spacial score (nSPS) is 10.0. The lowest BCUT2D eigenvalue weighted by molar-refractivity contribution is -0.136. The van der Waals surface area contributed by atoms with Crippen molar-refractivity contribution in [1.29, 1.82) is 0 Å². The van der Waals surface area contributed by atoms with Crippen LogP contribution in [0.2, 0.25) is 0 Å². The largest absolute Gasteiger partial charge is 0.481 e. The van der Waals surface area contributed by atoms with Crippen LogP contribution in [0.1, 0.15) is 32.1 Å². The highest BCUT2D eigenvalue weighted by Gasteiger charge is 1.89. The van der Waals surface area contributed by atoms with Gasteiger partial charge in [-0.25, -0.2) is 9.79 Å². The van der Waals surface area contributed by atoms with Gasteiger partial charge in [-0.2, -0.15) is 0 Å². The van der Waals surface area contributed by atoms with Crippen molar-refractivity contribution in [2.45, 2.75) is 32.1 Å². The Labute approximate surface area is 83.3 Å². The van der Waals surface area contributed by atoms with Crippen LogP contribution in [0.5, 0.6) is 0 Å². The Balaban J connectivity index is 3.16. The van der Waals surface area contributed by atoms with E-state index in [2.05, 4.69) is 4.99 Å². The quantitative estimate of drug-likeness (QED) is 0.280.